The first-order chi connectivity index (χ1) is 9.58. The SMILES string of the molecule is CCNc1ccnc(C(=O)N2CCC(C)(CC)CC2)c1. The summed E-state index contributed by atoms with van der Waals surface area (Å²) in [6, 6.07) is 3.74. The Balaban J connectivity index is 2.03. The molecule has 2 heterocycles. The Hall–Kier alpha value is -1.58. The summed E-state index contributed by atoms with van der Waals surface area (Å²) < 4.78 is 0. The number of nitrogens with zero attached hydrogens (tertiary/aromatic N) is 2. The fraction of sp³-hybridized carbons (Fsp3) is 0.625. The van der Waals surface area contributed by atoms with Gasteiger partial charge in [0.15, 0.2) is 0 Å². The first kappa shape index (κ1) is 14.8. The van der Waals surface area contributed by atoms with Gasteiger partial charge >= 0.3 is 0 Å². The van der Waals surface area contributed by atoms with Gasteiger partial charge in [-0.15, -0.1) is 0 Å². The van der Waals surface area contributed by atoms with E-state index in [1.54, 1.807) is 6.20 Å². The van der Waals surface area contributed by atoms with Crippen LogP contribution in [0.1, 0.15) is 50.5 Å². The summed E-state index contributed by atoms with van der Waals surface area (Å²) in [5.74, 6) is 0.0582. The highest BCUT2D eigenvalue weighted by Gasteiger charge is 2.30. The van der Waals surface area contributed by atoms with Gasteiger partial charge < -0.3 is 10.2 Å². The lowest BCUT2D eigenvalue weighted by molar-refractivity contribution is 0.0594. The maximum Gasteiger partial charge on any atom is 0.272 e. The van der Waals surface area contributed by atoms with Crippen LogP contribution in [0.2, 0.25) is 0 Å². The molecule has 1 fully saturated rings. The maximum absolute atomic E-state index is 12.5. The molecule has 0 atom stereocenters. The molecule has 1 aromatic rings. The molecule has 110 valence electrons. The second kappa shape index (κ2) is 6.25. The molecule has 1 N–H and O–H groups in total. The number of hydrogen-bond donors (Lipinski definition) is 1. The monoisotopic (exact) mass is 275 g/mol. The fourth-order valence-corrected chi connectivity index (χ4v) is 2.63. The van der Waals surface area contributed by atoms with Crippen LogP contribution in [-0.4, -0.2) is 35.4 Å². The summed E-state index contributed by atoms with van der Waals surface area (Å²) in [4.78, 5) is 18.7. The van der Waals surface area contributed by atoms with E-state index >= 15 is 0 Å². The predicted molar refractivity (Wildman–Crippen MR) is 81.9 cm³/mol. The molecule has 0 aliphatic carbocycles. The van der Waals surface area contributed by atoms with Gasteiger partial charge in [-0.25, -0.2) is 0 Å². The zero-order chi connectivity index (χ0) is 14.6. The zero-order valence-electron chi connectivity index (χ0n) is 12.8. The number of piperidine rings is 1. The van der Waals surface area contributed by atoms with Crippen LogP contribution in [0.3, 0.4) is 0 Å². The van der Waals surface area contributed by atoms with E-state index in [0.717, 1.165) is 38.2 Å². The Morgan fingerprint density at radius 1 is 1.40 bits per heavy atom. The van der Waals surface area contributed by atoms with Crippen molar-refractivity contribution in [2.45, 2.75) is 40.0 Å². The number of nitrogens with one attached hydrogen (secondary N) is 1. The first-order valence-electron chi connectivity index (χ1n) is 7.57. The number of likely N-dealkylation sites (tertiary alicyclic amines) is 1. The molecule has 1 aliphatic heterocycles. The van der Waals surface area contributed by atoms with E-state index in [0.29, 0.717) is 11.1 Å². The van der Waals surface area contributed by atoms with Gasteiger partial charge in [-0.3, -0.25) is 9.78 Å². The van der Waals surface area contributed by atoms with E-state index in [1.807, 2.05) is 24.0 Å². The molecular formula is C16H25N3O. The standard InChI is InChI=1S/C16H25N3O/c1-4-16(3)7-10-19(11-8-16)15(20)14-12-13(17-5-2)6-9-18-14/h6,9,12H,4-5,7-8,10-11H2,1-3H3,(H,17,18). The number of aromatic nitrogens is 1. The second-order valence-corrected chi connectivity index (χ2v) is 5.92. The van der Waals surface area contributed by atoms with Gasteiger partial charge in [-0.2, -0.15) is 0 Å². The van der Waals surface area contributed by atoms with Crippen molar-refractivity contribution in [1.29, 1.82) is 0 Å². The molecule has 0 bridgehead atoms. The van der Waals surface area contributed by atoms with E-state index in [4.69, 9.17) is 0 Å². The number of hydrogen-bond acceptors (Lipinski definition) is 3. The van der Waals surface area contributed by atoms with E-state index in [1.165, 1.54) is 6.42 Å². The van der Waals surface area contributed by atoms with Crippen LogP contribution in [0, 0.1) is 5.41 Å². The van der Waals surface area contributed by atoms with Gasteiger partial charge in [0.2, 0.25) is 0 Å². The molecule has 4 nitrogen and oxygen atoms in total. The van der Waals surface area contributed by atoms with Crippen molar-refractivity contribution in [2.24, 2.45) is 5.41 Å². The highest BCUT2D eigenvalue weighted by Crippen LogP contribution is 2.34. The topological polar surface area (TPSA) is 45.2 Å². The molecule has 0 saturated carbocycles. The third kappa shape index (κ3) is 3.30. The molecule has 1 saturated heterocycles. The van der Waals surface area contributed by atoms with Crippen molar-refractivity contribution in [3.8, 4) is 0 Å². The number of anilines is 1. The Morgan fingerprint density at radius 3 is 2.70 bits per heavy atom. The largest absolute Gasteiger partial charge is 0.385 e. The second-order valence-electron chi connectivity index (χ2n) is 5.92. The van der Waals surface area contributed by atoms with Gasteiger partial charge in [0, 0.05) is 31.5 Å². The van der Waals surface area contributed by atoms with Crippen LogP contribution < -0.4 is 5.32 Å². The van der Waals surface area contributed by atoms with Gasteiger partial charge in [0.1, 0.15) is 5.69 Å². The Morgan fingerprint density at radius 2 is 2.10 bits per heavy atom. The van der Waals surface area contributed by atoms with E-state index in [2.05, 4.69) is 24.1 Å². The fourth-order valence-electron chi connectivity index (χ4n) is 2.63. The van der Waals surface area contributed by atoms with Gasteiger partial charge in [0.25, 0.3) is 5.91 Å². The van der Waals surface area contributed by atoms with Crippen molar-refractivity contribution in [3.05, 3.63) is 24.0 Å². The highest BCUT2D eigenvalue weighted by molar-refractivity contribution is 5.93. The molecule has 0 unspecified atom stereocenters. The van der Waals surface area contributed by atoms with Crippen molar-refractivity contribution in [3.63, 3.8) is 0 Å². The number of pyridine rings is 1. The van der Waals surface area contributed by atoms with Crippen LogP contribution in [0.5, 0.6) is 0 Å². The lowest BCUT2D eigenvalue weighted by Crippen LogP contribution is -2.42. The van der Waals surface area contributed by atoms with Gasteiger partial charge in [-0.1, -0.05) is 20.3 Å². The number of amides is 1. The van der Waals surface area contributed by atoms with Crippen molar-refractivity contribution >= 4 is 11.6 Å². The van der Waals surface area contributed by atoms with Crippen LogP contribution in [0.15, 0.2) is 18.3 Å². The van der Waals surface area contributed by atoms with Gasteiger partial charge in [0.05, 0.1) is 0 Å². The summed E-state index contributed by atoms with van der Waals surface area (Å²) >= 11 is 0. The normalized spacial score (nSPS) is 17.9. The summed E-state index contributed by atoms with van der Waals surface area (Å²) in [7, 11) is 0. The highest BCUT2D eigenvalue weighted by atomic mass is 16.2. The van der Waals surface area contributed by atoms with Gasteiger partial charge in [-0.05, 0) is 37.3 Å². The third-order valence-electron chi connectivity index (χ3n) is 4.47. The molecule has 0 aromatic carbocycles. The minimum absolute atomic E-state index is 0.0582. The van der Waals surface area contributed by atoms with E-state index < -0.39 is 0 Å². The average Bonchev–Trinajstić information content (AvgIpc) is 2.48. The van der Waals surface area contributed by atoms with Crippen molar-refractivity contribution < 1.29 is 4.79 Å². The lowest BCUT2D eigenvalue weighted by atomic mass is 9.78. The molecule has 2 rings (SSSR count). The molecule has 1 aliphatic rings. The Kier molecular flexibility index (Phi) is 4.63. The smallest absolute Gasteiger partial charge is 0.272 e. The summed E-state index contributed by atoms with van der Waals surface area (Å²) in [5, 5.41) is 3.22. The maximum atomic E-state index is 12.5. The van der Waals surface area contributed by atoms with Crippen LogP contribution in [-0.2, 0) is 0 Å². The van der Waals surface area contributed by atoms with E-state index in [9.17, 15) is 4.79 Å². The predicted octanol–water partition coefficient (Wildman–Crippen LogP) is 3.17. The molecule has 1 aromatic heterocycles. The number of carbonyl (C=O) groups excluding carboxylic acids is 1. The third-order valence-corrected chi connectivity index (χ3v) is 4.47. The van der Waals surface area contributed by atoms with Crippen LogP contribution in [0.4, 0.5) is 5.69 Å². The Bertz CT molecular complexity index is 465. The Labute approximate surface area is 121 Å². The summed E-state index contributed by atoms with van der Waals surface area (Å²) in [5.41, 5.74) is 1.90. The molecule has 4 heteroatoms. The quantitative estimate of drug-likeness (QED) is 0.918. The molecular weight excluding hydrogens is 250 g/mol. The minimum Gasteiger partial charge on any atom is -0.385 e. The van der Waals surface area contributed by atoms with Crippen LogP contribution >= 0.6 is 0 Å². The number of carbonyl (C=O) groups is 1. The molecule has 0 spiro atoms. The van der Waals surface area contributed by atoms with Crippen LogP contribution in [0.25, 0.3) is 0 Å². The average molecular weight is 275 g/mol. The van der Waals surface area contributed by atoms with E-state index in [-0.39, 0.29) is 5.91 Å². The molecule has 20 heavy (non-hydrogen) atoms. The summed E-state index contributed by atoms with van der Waals surface area (Å²) in [6.45, 7) is 9.12. The lowest BCUT2D eigenvalue weighted by Gasteiger charge is -2.38. The first-order valence-corrected chi connectivity index (χ1v) is 7.57. The summed E-state index contributed by atoms with van der Waals surface area (Å²) in [6.07, 6.45) is 5.05. The zero-order valence-corrected chi connectivity index (χ0v) is 12.8. The molecule has 1 amide bonds. The minimum atomic E-state index is 0.0582. The molecule has 0 radical (unpaired) electrons. The number of rotatable bonds is 4. The van der Waals surface area contributed by atoms with Crippen molar-refractivity contribution in [2.75, 3.05) is 25.0 Å². The van der Waals surface area contributed by atoms with Crippen molar-refractivity contribution in [1.82, 2.24) is 9.88 Å².